The number of furan rings is 1. The van der Waals surface area contributed by atoms with Gasteiger partial charge in [0.05, 0.1) is 18.4 Å². The number of hydrogen-bond acceptors (Lipinski definition) is 4. The molecule has 0 aliphatic heterocycles. The van der Waals surface area contributed by atoms with Crippen molar-refractivity contribution in [2.24, 2.45) is 0 Å². The maximum absolute atomic E-state index is 13.5. The Morgan fingerprint density at radius 2 is 2.14 bits per heavy atom. The van der Waals surface area contributed by atoms with Crippen molar-refractivity contribution in [1.29, 1.82) is 0 Å². The van der Waals surface area contributed by atoms with Gasteiger partial charge >= 0.3 is 5.97 Å². The van der Waals surface area contributed by atoms with Crippen molar-refractivity contribution in [3.8, 4) is 0 Å². The van der Waals surface area contributed by atoms with Crippen molar-refractivity contribution in [1.82, 2.24) is 0 Å². The van der Waals surface area contributed by atoms with Gasteiger partial charge in [-0.05, 0) is 30.3 Å². The van der Waals surface area contributed by atoms with E-state index in [2.05, 4.69) is 21.2 Å². The molecule has 0 radical (unpaired) electrons. The van der Waals surface area contributed by atoms with Crippen molar-refractivity contribution in [3.63, 3.8) is 0 Å². The quantitative estimate of drug-likeness (QED) is 0.793. The van der Waals surface area contributed by atoms with Gasteiger partial charge in [0, 0.05) is 10.9 Å². The fourth-order valence-corrected chi connectivity index (χ4v) is 2.01. The van der Waals surface area contributed by atoms with Crippen LogP contribution in [0, 0.1) is 5.82 Å². The molecule has 5 nitrogen and oxygen atoms in total. The molecule has 7 heteroatoms. The lowest BCUT2D eigenvalue weighted by atomic mass is 10.2. The fourth-order valence-electron chi connectivity index (χ4n) is 1.68. The first-order valence-electron chi connectivity index (χ1n) is 6.47. The Morgan fingerprint density at radius 1 is 1.32 bits per heavy atom. The Kier molecular flexibility index (Phi) is 5.71. The Morgan fingerprint density at radius 3 is 2.82 bits per heavy atom. The number of benzene rings is 1. The van der Waals surface area contributed by atoms with Gasteiger partial charge in [0.25, 0.3) is 5.91 Å². The lowest BCUT2D eigenvalue weighted by Crippen LogP contribution is -2.21. The molecule has 0 atom stereocenters. The Hall–Kier alpha value is -2.15. The van der Waals surface area contributed by atoms with E-state index in [1.807, 2.05) is 0 Å². The summed E-state index contributed by atoms with van der Waals surface area (Å²) in [4.78, 5) is 23.1. The van der Waals surface area contributed by atoms with Crippen LogP contribution in [0.4, 0.5) is 10.1 Å². The van der Waals surface area contributed by atoms with Crippen LogP contribution in [0.1, 0.15) is 12.2 Å². The third kappa shape index (κ3) is 5.00. The standard InChI is InChI=1S/C15H13BrFNO4/c16-10-3-5-13(12(17)8-10)18-14(19)9-22-15(20)6-4-11-2-1-7-21-11/h1-3,5,7-8H,4,6,9H2,(H,18,19). The predicted octanol–water partition coefficient (Wildman–Crippen LogP) is 3.30. The van der Waals surface area contributed by atoms with Crippen LogP contribution in [0.5, 0.6) is 0 Å². The first kappa shape index (κ1) is 16.2. The smallest absolute Gasteiger partial charge is 0.306 e. The molecule has 2 aromatic rings. The van der Waals surface area contributed by atoms with Crippen LogP contribution >= 0.6 is 15.9 Å². The van der Waals surface area contributed by atoms with E-state index in [4.69, 9.17) is 9.15 Å². The van der Waals surface area contributed by atoms with Crippen LogP contribution in [-0.4, -0.2) is 18.5 Å². The Labute approximate surface area is 134 Å². The van der Waals surface area contributed by atoms with Crippen LogP contribution < -0.4 is 5.32 Å². The summed E-state index contributed by atoms with van der Waals surface area (Å²) in [5.74, 6) is -1.04. The Bertz CT molecular complexity index is 658. The predicted molar refractivity (Wildman–Crippen MR) is 80.7 cm³/mol. The van der Waals surface area contributed by atoms with Gasteiger partial charge in [-0.2, -0.15) is 0 Å². The molecule has 0 unspecified atom stereocenters. The largest absolute Gasteiger partial charge is 0.469 e. The monoisotopic (exact) mass is 369 g/mol. The molecular weight excluding hydrogens is 357 g/mol. The van der Waals surface area contributed by atoms with Gasteiger partial charge in [0.1, 0.15) is 11.6 Å². The summed E-state index contributed by atoms with van der Waals surface area (Å²) in [7, 11) is 0. The molecule has 1 heterocycles. The molecule has 0 aliphatic carbocycles. The summed E-state index contributed by atoms with van der Waals surface area (Å²) in [5.41, 5.74) is 0.0276. The molecule has 2 rings (SSSR count). The second kappa shape index (κ2) is 7.74. The average molecular weight is 370 g/mol. The summed E-state index contributed by atoms with van der Waals surface area (Å²) in [6.45, 7) is -0.466. The SMILES string of the molecule is O=C(COC(=O)CCc1ccco1)Nc1ccc(Br)cc1F. The maximum Gasteiger partial charge on any atom is 0.306 e. The molecule has 0 aliphatic rings. The van der Waals surface area contributed by atoms with Gasteiger partial charge in [-0.25, -0.2) is 4.39 Å². The number of esters is 1. The van der Waals surface area contributed by atoms with E-state index in [0.717, 1.165) is 0 Å². The molecular formula is C15H13BrFNO4. The van der Waals surface area contributed by atoms with Gasteiger partial charge < -0.3 is 14.5 Å². The van der Waals surface area contributed by atoms with Crippen LogP contribution in [0.25, 0.3) is 0 Å². The first-order chi connectivity index (χ1) is 10.5. The zero-order valence-corrected chi connectivity index (χ0v) is 13.1. The average Bonchev–Trinajstić information content (AvgIpc) is 2.99. The second-order valence-corrected chi connectivity index (χ2v) is 5.33. The van der Waals surface area contributed by atoms with E-state index in [0.29, 0.717) is 16.7 Å². The lowest BCUT2D eigenvalue weighted by molar-refractivity contribution is -0.147. The molecule has 116 valence electrons. The number of aryl methyl sites for hydroxylation is 1. The van der Waals surface area contributed by atoms with Crippen LogP contribution in [0.2, 0.25) is 0 Å². The minimum absolute atomic E-state index is 0.0276. The molecule has 1 aromatic heterocycles. The first-order valence-corrected chi connectivity index (χ1v) is 7.27. The lowest BCUT2D eigenvalue weighted by Gasteiger charge is -2.07. The van der Waals surface area contributed by atoms with Crippen molar-refractivity contribution >= 4 is 33.5 Å². The normalized spacial score (nSPS) is 10.3. The van der Waals surface area contributed by atoms with Gasteiger partial charge in [0.2, 0.25) is 0 Å². The van der Waals surface area contributed by atoms with Gasteiger partial charge in [0.15, 0.2) is 6.61 Å². The van der Waals surface area contributed by atoms with Gasteiger partial charge in [-0.15, -0.1) is 0 Å². The molecule has 1 N–H and O–H groups in total. The van der Waals surface area contributed by atoms with Crippen molar-refractivity contribution in [2.75, 3.05) is 11.9 Å². The molecule has 0 saturated heterocycles. The van der Waals surface area contributed by atoms with E-state index >= 15 is 0 Å². The Balaban J connectivity index is 1.74. The van der Waals surface area contributed by atoms with Crippen LogP contribution in [0.3, 0.4) is 0 Å². The van der Waals surface area contributed by atoms with E-state index in [9.17, 15) is 14.0 Å². The van der Waals surface area contributed by atoms with E-state index < -0.39 is 24.3 Å². The van der Waals surface area contributed by atoms with Crippen LogP contribution in [0.15, 0.2) is 45.5 Å². The summed E-state index contributed by atoms with van der Waals surface area (Å²) < 4.78 is 24.0. The minimum Gasteiger partial charge on any atom is -0.469 e. The fraction of sp³-hybridized carbons (Fsp3) is 0.200. The number of halogens is 2. The zero-order chi connectivity index (χ0) is 15.9. The third-order valence-electron chi connectivity index (χ3n) is 2.73. The topological polar surface area (TPSA) is 68.5 Å². The minimum atomic E-state index is -0.604. The molecule has 1 aromatic carbocycles. The van der Waals surface area contributed by atoms with Gasteiger partial charge in [-0.3, -0.25) is 9.59 Å². The highest BCUT2D eigenvalue weighted by atomic mass is 79.9. The molecule has 0 saturated carbocycles. The number of hydrogen-bond donors (Lipinski definition) is 1. The van der Waals surface area contributed by atoms with Crippen molar-refractivity contribution < 1.29 is 23.1 Å². The summed E-state index contributed by atoms with van der Waals surface area (Å²) in [6.07, 6.45) is 2.02. The van der Waals surface area contributed by atoms with Gasteiger partial charge in [-0.1, -0.05) is 15.9 Å². The second-order valence-electron chi connectivity index (χ2n) is 4.41. The zero-order valence-electron chi connectivity index (χ0n) is 11.5. The molecule has 1 amide bonds. The molecule has 0 spiro atoms. The molecule has 0 fully saturated rings. The van der Waals surface area contributed by atoms with Crippen LogP contribution in [-0.2, 0) is 20.7 Å². The van der Waals surface area contributed by atoms with E-state index in [1.165, 1.54) is 18.4 Å². The number of nitrogens with one attached hydrogen (secondary N) is 1. The van der Waals surface area contributed by atoms with Crippen molar-refractivity contribution in [2.45, 2.75) is 12.8 Å². The third-order valence-corrected chi connectivity index (χ3v) is 3.22. The molecule has 0 bridgehead atoms. The van der Waals surface area contributed by atoms with E-state index in [1.54, 1.807) is 18.2 Å². The highest BCUT2D eigenvalue weighted by Gasteiger charge is 2.11. The van der Waals surface area contributed by atoms with Crippen molar-refractivity contribution in [3.05, 3.63) is 52.6 Å². The maximum atomic E-state index is 13.5. The summed E-state index contributed by atoms with van der Waals surface area (Å²) in [6, 6.07) is 7.70. The highest BCUT2D eigenvalue weighted by molar-refractivity contribution is 9.10. The number of amides is 1. The number of rotatable bonds is 6. The number of carbonyl (C=O) groups excluding carboxylic acids is 2. The number of anilines is 1. The molecule has 22 heavy (non-hydrogen) atoms. The number of ether oxygens (including phenoxy) is 1. The van der Waals surface area contributed by atoms with E-state index in [-0.39, 0.29) is 12.1 Å². The number of carbonyl (C=O) groups is 2. The summed E-state index contributed by atoms with van der Waals surface area (Å²) >= 11 is 3.12. The highest BCUT2D eigenvalue weighted by Crippen LogP contribution is 2.19. The summed E-state index contributed by atoms with van der Waals surface area (Å²) in [5, 5.41) is 2.33.